The third-order valence-corrected chi connectivity index (χ3v) is 2.75. The first-order chi connectivity index (χ1) is 6.33. The molecule has 2 nitrogen and oxygen atoms in total. The number of aromatic nitrogens is 1. The Kier molecular flexibility index (Phi) is 2.38. The standard InChI is InChI=1S/C10H10BrNO/c11-8-6-12-9-3-1-2-7(4-5-13)10(8)9/h1-3,6,12-13H,4-5H2. The number of rotatable bonds is 2. The molecule has 0 aliphatic rings. The second kappa shape index (κ2) is 3.52. The van der Waals surface area contributed by atoms with Gasteiger partial charge in [-0.25, -0.2) is 0 Å². The van der Waals surface area contributed by atoms with E-state index in [0.717, 1.165) is 9.99 Å². The Bertz CT molecular complexity index is 422. The lowest BCUT2D eigenvalue weighted by atomic mass is 10.1. The van der Waals surface area contributed by atoms with Gasteiger partial charge in [-0.2, -0.15) is 0 Å². The highest BCUT2D eigenvalue weighted by molar-refractivity contribution is 9.10. The summed E-state index contributed by atoms with van der Waals surface area (Å²) >= 11 is 3.47. The largest absolute Gasteiger partial charge is 0.396 e. The van der Waals surface area contributed by atoms with Gasteiger partial charge < -0.3 is 10.1 Å². The molecule has 2 rings (SSSR count). The number of halogens is 1. The van der Waals surface area contributed by atoms with E-state index in [0.29, 0.717) is 6.42 Å². The van der Waals surface area contributed by atoms with Crippen molar-refractivity contribution in [3.05, 3.63) is 34.4 Å². The third-order valence-electron chi connectivity index (χ3n) is 2.13. The van der Waals surface area contributed by atoms with Gasteiger partial charge in [0.2, 0.25) is 0 Å². The van der Waals surface area contributed by atoms with Gasteiger partial charge in [0.15, 0.2) is 0 Å². The Balaban J connectivity index is 2.65. The summed E-state index contributed by atoms with van der Waals surface area (Å²) in [6, 6.07) is 6.06. The normalized spacial score (nSPS) is 10.9. The summed E-state index contributed by atoms with van der Waals surface area (Å²) in [5.74, 6) is 0. The number of fused-ring (bicyclic) bond motifs is 1. The number of aromatic amines is 1. The number of hydrogen-bond acceptors (Lipinski definition) is 1. The topological polar surface area (TPSA) is 36.0 Å². The summed E-state index contributed by atoms with van der Waals surface area (Å²) in [7, 11) is 0. The molecule has 0 unspecified atom stereocenters. The molecule has 0 aliphatic carbocycles. The molecule has 13 heavy (non-hydrogen) atoms. The van der Waals surface area contributed by atoms with E-state index in [1.807, 2.05) is 24.4 Å². The molecule has 0 radical (unpaired) electrons. The lowest BCUT2D eigenvalue weighted by molar-refractivity contribution is 0.300. The first-order valence-corrected chi connectivity index (χ1v) is 4.97. The Hall–Kier alpha value is -0.800. The lowest BCUT2D eigenvalue weighted by Gasteiger charge is -2.00. The van der Waals surface area contributed by atoms with E-state index in [-0.39, 0.29) is 6.61 Å². The maximum atomic E-state index is 8.88. The molecule has 0 bridgehead atoms. The zero-order valence-corrected chi connectivity index (χ0v) is 8.63. The Labute approximate surface area is 84.7 Å². The first-order valence-electron chi connectivity index (χ1n) is 4.18. The van der Waals surface area contributed by atoms with Gasteiger partial charge in [0.1, 0.15) is 0 Å². The predicted octanol–water partition coefficient (Wildman–Crippen LogP) is 2.47. The molecule has 68 valence electrons. The van der Waals surface area contributed by atoms with E-state index in [1.54, 1.807) is 0 Å². The van der Waals surface area contributed by atoms with Crippen LogP contribution in [0.3, 0.4) is 0 Å². The summed E-state index contributed by atoms with van der Waals surface area (Å²) in [6.07, 6.45) is 2.62. The highest BCUT2D eigenvalue weighted by Crippen LogP contribution is 2.26. The van der Waals surface area contributed by atoms with Gasteiger partial charge >= 0.3 is 0 Å². The zero-order chi connectivity index (χ0) is 9.26. The molecular formula is C10H10BrNO. The van der Waals surface area contributed by atoms with Crippen LogP contribution in [-0.2, 0) is 6.42 Å². The van der Waals surface area contributed by atoms with Gasteiger partial charge in [0.25, 0.3) is 0 Å². The average molecular weight is 240 g/mol. The van der Waals surface area contributed by atoms with E-state index in [4.69, 9.17) is 5.11 Å². The van der Waals surface area contributed by atoms with E-state index in [1.165, 1.54) is 10.9 Å². The van der Waals surface area contributed by atoms with Gasteiger partial charge in [0.05, 0.1) is 0 Å². The second-order valence-electron chi connectivity index (χ2n) is 2.95. The molecule has 1 aromatic carbocycles. The van der Waals surface area contributed by atoms with Gasteiger partial charge in [-0.1, -0.05) is 12.1 Å². The number of aliphatic hydroxyl groups is 1. The molecule has 2 N–H and O–H groups in total. The highest BCUT2D eigenvalue weighted by atomic mass is 79.9. The molecule has 0 aliphatic heterocycles. The van der Waals surface area contributed by atoms with Crippen LogP contribution < -0.4 is 0 Å². The molecule has 3 heteroatoms. The number of H-pyrrole nitrogens is 1. The number of hydrogen-bond donors (Lipinski definition) is 2. The molecule has 2 aromatic rings. The maximum Gasteiger partial charge on any atom is 0.0471 e. The van der Waals surface area contributed by atoms with Gasteiger partial charge in [-0.05, 0) is 34.0 Å². The Morgan fingerprint density at radius 2 is 2.23 bits per heavy atom. The molecule has 0 amide bonds. The molecular weight excluding hydrogens is 230 g/mol. The van der Waals surface area contributed by atoms with Crippen molar-refractivity contribution in [1.29, 1.82) is 0 Å². The maximum absolute atomic E-state index is 8.88. The summed E-state index contributed by atoms with van der Waals surface area (Å²) in [6.45, 7) is 0.191. The monoisotopic (exact) mass is 239 g/mol. The molecule has 0 atom stereocenters. The van der Waals surface area contributed by atoms with Crippen LogP contribution in [0.1, 0.15) is 5.56 Å². The SMILES string of the molecule is OCCc1cccc2[nH]cc(Br)c12. The quantitative estimate of drug-likeness (QED) is 0.831. The minimum absolute atomic E-state index is 0.191. The van der Waals surface area contributed by atoms with Crippen LogP contribution >= 0.6 is 15.9 Å². The van der Waals surface area contributed by atoms with Crippen LogP contribution in [0.2, 0.25) is 0 Å². The number of nitrogens with one attached hydrogen (secondary N) is 1. The van der Waals surface area contributed by atoms with Crippen molar-refractivity contribution in [2.24, 2.45) is 0 Å². The second-order valence-corrected chi connectivity index (χ2v) is 3.80. The van der Waals surface area contributed by atoms with Crippen molar-refractivity contribution < 1.29 is 5.11 Å². The smallest absolute Gasteiger partial charge is 0.0471 e. The van der Waals surface area contributed by atoms with Crippen molar-refractivity contribution in [1.82, 2.24) is 4.98 Å². The van der Waals surface area contributed by atoms with Gasteiger partial charge in [-0.15, -0.1) is 0 Å². The molecule has 0 fully saturated rings. The highest BCUT2D eigenvalue weighted by Gasteiger charge is 2.05. The first kappa shape index (κ1) is 8.78. The summed E-state index contributed by atoms with van der Waals surface area (Å²) < 4.78 is 1.06. The fourth-order valence-corrected chi connectivity index (χ4v) is 2.13. The fraction of sp³-hybridized carbons (Fsp3) is 0.200. The van der Waals surface area contributed by atoms with Crippen LogP contribution in [0.5, 0.6) is 0 Å². The Morgan fingerprint density at radius 3 is 3.00 bits per heavy atom. The fourth-order valence-electron chi connectivity index (χ4n) is 1.54. The van der Waals surface area contributed by atoms with Crippen molar-refractivity contribution in [2.75, 3.05) is 6.61 Å². The van der Waals surface area contributed by atoms with Crippen LogP contribution in [0, 0.1) is 0 Å². The summed E-state index contributed by atoms with van der Waals surface area (Å²) in [4.78, 5) is 3.16. The number of aliphatic hydroxyl groups excluding tert-OH is 1. The van der Waals surface area contributed by atoms with Gasteiger partial charge in [-0.3, -0.25) is 0 Å². The summed E-state index contributed by atoms with van der Waals surface area (Å²) in [5, 5.41) is 10.1. The average Bonchev–Trinajstić information content (AvgIpc) is 2.50. The molecule has 0 saturated carbocycles. The molecule has 0 saturated heterocycles. The third kappa shape index (κ3) is 1.49. The van der Waals surface area contributed by atoms with E-state index < -0.39 is 0 Å². The van der Waals surface area contributed by atoms with Crippen LogP contribution in [0.25, 0.3) is 10.9 Å². The van der Waals surface area contributed by atoms with Crippen LogP contribution in [0.15, 0.2) is 28.9 Å². The predicted molar refractivity (Wildman–Crippen MR) is 56.8 cm³/mol. The minimum atomic E-state index is 0.191. The van der Waals surface area contributed by atoms with Crippen molar-refractivity contribution in [3.63, 3.8) is 0 Å². The van der Waals surface area contributed by atoms with Crippen molar-refractivity contribution in [3.8, 4) is 0 Å². The van der Waals surface area contributed by atoms with Crippen LogP contribution in [0.4, 0.5) is 0 Å². The van der Waals surface area contributed by atoms with E-state index >= 15 is 0 Å². The molecule has 1 aromatic heterocycles. The minimum Gasteiger partial charge on any atom is -0.396 e. The van der Waals surface area contributed by atoms with E-state index in [2.05, 4.69) is 20.9 Å². The van der Waals surface area contributed by atoms with Crippen LogP contribution in [-0.4, -0.2) is 16.7 Å². The number of benzene rings is 1. The zero-order valence-electron chi connectivity index (χ0n) is 7.05. The van der Waals surface area contributed by atoms with E-state index in [9.17, 15) is 0 Å². The Morgan fingerprint density at radius 1 is 1.38 bits per heavy atom. The molecule has 1 heterocycles. The summed E-state index contributed by atoms with van der Waals surface area (Å²) in [5.41, 5.74) is 2.28. The van der Waals surface area contributed by atoms with Crippen molar-refractivity contribution >= 4 is 26.8 Å². The van der Waals surface area contributed by atoms with Gasteiger partial charge in [0, 0.05) is 28.2 Å². The molecule has 0 spiro atoms. The lowest BCUT2D eigenvalue weighted by Crippen LogP contribution is -1.90. The van der Waals surface area contributed by atoms with Crippen molar-refractivity contribution in [2.45, 2.75) is 6.42 Å².